The monoisotopic (exact) mass is 284 g/mol. The van der Waals surface area contributed by atoms with Crippen LogP contribution < -0.4 is 11.1 Å². The maximum atomic E-state index is 11.3. The first kappa shape index (κ1) is 13.9. The molecule has 1 aromatic heterocycles. The molecule has 1 heterocycles. The van der Waals surface area contributed by atoms with Gasteiger partial charge in [0.15, 0.2) is 0 Å². The molecule has 4 nitrogen and oxygen atoms in total. The summed E-state index contributed by atoms with van der Waals surface area (Å²) in [5, 5.41) is 2.90. The summed E-state index contributed by atoms with van der Waals surface area (Å²) in [6.07, 6.45) is 4.50. The first-order valence-corrected chi connectivity index (χ1v) is 7.32. The van der Waals surface area contributed by atoms with Crippen LogP contribution in [0.25, 0.3) is 0 Å². The van der Waals surface area contributed by atoms with E-state index in [1.807, 2.05) is 24.3 Å². The lowest BCUT2D eigenvalue weighted by Gasteiger charge is -2.32. The van der Waals surface area contributed by atoms with Crippen molar-refractivity contribution in [3.63, 3.8) is 0 Å². The summed E-state index contributed by atoms with van der Waals surface area (Å²) in [6, 6.07) is 9.86. The van der Waals surface area contributed by atoms with Gasteiger partial charge in [0, 0.05) is 25.1 Å². The topological polar surface area (TPSA) is 68.3 Å². The zero-order chi connectivity index (χ0) is 14.8. The van der Waals surface area contributed by atoms with Crippen LogP contribution in [0, 0.1) is 5.92 Å². The molecule has 0 spiro atoms. The van der Waals surface area contributed by atoms with Gasteiger partial charge in [-0.25, -0.2) is 0 Å². The minimum Gasteiger partial charge on any atom is -0.469 e. The Kier molecular flexibility index (Phi) is 3.80. The normalized spacial score (nSPS) is 20.9. The van der Waals surface area contributed by atoms with Gasteiger partial charge in [-0.2, -0.15) is 0 Å². The predicted molar refractivity (Wildman–Crippen MR) is 81.9 cm³/mol. The van der Waals surface area contributed by atoms with Crippen LogP contribution in [0.4, 0.5) is 5.69 Å². The van der Waals surface area contributed by atoms with E-state index in [2.05, 4.69) is 11.4 Å². The second-order valence-electron chi connectivity index (χ2n) is 5.66. The first-order chi connectivity index (χ1) is 10.1. The fourth-order valence-electron chi connectivity index (χ4n) is 3.18. The Morgan fingerprint density at radius 1 is 1.38 bits per heavy atom. The molecule has 0 saturated heterocycles. The minimum absolute atomic E-state index is 0.0208. The van der Waals surface area contributed by atoms with Crippen molar-refractivity contribution in [3.05, 3.63) is 53.5 Å². The number of carbonyl (C=O) groups is 1. The Bertz CT molecular complexity index is 634. The lowest BCUT2D eigenvalue weighted by atomic mass is 9.77. The van der Waals surface area contributed by atoms with Gasteiger partial charge < -0.3 is 15.5 Å². The van der Waals surface area contributed by atoms with Gasteiger partial charge in [-0.15, -0.1) is 0 Å². The molecule has 2 atom stereocenters. The third kappa shape index (κ3) is 2.85. The number of benzene rings is 1. The van der Waals surface area contributed by atoms with E-state index >= 15 is 0 Å². The number of nitrogens with one attached hydrogen (secondary N) is 1. The molecule has 0 radical (unpaired) electrons. The number of hydrogen-bond donors (Lipinski definition) is 2. The average Bonchev–Trinajstić information content (AvgIpc) is 2.95. The molecular formula is C17H20N2O2. The number of furan rings is 1. The number of amides is 1. The number of hydrogen-bond acceptors (Lipinski definition) is 3. The van der Waals surface area contributed by atoms with Crippen molar-refractivity contribution in [1.29, 1.82) is 0 Å². The van der Waals surface area contributed by atoms with Crippen LogP contribution in [-0.2, 0) is 17.6 Å². The Balaban J connectivity index is 1.84. The van der Waals surface area contributed by atoms with Crippen molar-refractivity contribution in [2.45, 2.75) is 32.2 Å². The van der Waals surface area contributed by atoms with E-state index in [1.54, 1.807) is 6.26 Å². The molecule has 110 valence electrons. The second kappa shape index (κ2) is 5.74. The van der Waals surface area contributed by atoms with Gasteiger partial charge in [-0.3, -0.25) is 4.79 Å². The molecule has 2 unspecified atom stereocenters. The molecule has 1 aromatic carbocycles. The van der Waals surface area contributed by atoms with E-state index in [4.69, 9.17) is 10.2 Å². The molecule has 3 rings (SSSR count). The van der Waals surface area contributed by atoms with Crippen LogP contribution in [0.2, 0.25) is 0 Å². The molecule has 1 amide bonds. The summed E-state index contributed by atoms with van der Waals surface area (Å²) in [7, 11) is 0. The van der Waals surface area contributed by atoms with Crippen molar-refractivity contribution < 1.29 is 9.21 Å². The molecule has 0 saturated carbocycles. The van der Waals surface area contributed by atoms with Crippen molar-refractivity contribution >= 4 is 11.6 Å². The third-order valence-corrected chi connectivity index (χ3v) is 4.20. The van der Waals surface area contributed by atoms with Gasteiger partial charge in [-0.05, 0) is 48.1 Å². The van der Waals surface area contributed by atoms with Gasteiger partial charge in [-0.1, -0.05) is 12.1 Å². The van der Waals surface area contributed by atoms with E-state index in [9.17, 15) is 4.79 Å². The lowest BCUT2D eigenvalue weighted by Crippen LogP contribution is -2.29. The number of nitrogens with two attached hydrogens (primary N) is 1. The molecule has 21 heavy (non-hydrogen) atoms. The highest BCUT2D eigenvalue weighted by Gasteiger charge is 2.28. The zero-order valence-electron chi connectivity index (χ0n) is 12.1. The first-order valence-electron chi connectivity index (χ1n) is 7.32. The Labute approximate surface area is 124 Å². The van der Waals surface area contributed by atoms with Gasteiger partial charge in [0.1, 0.15) is 5.76 Å². The van der Waals surface area contributed by atoms with E-state index in [0.29, 0.717) is 5.92 Å². The van der Waals surface area contributed by atoms with Crippen LogP contribution in [0.3, 0.4) is 0 Å². The maximum Gasteiger partial charge on any atom is 0.221 e. The van der Waals surface area contributed by atoms with Crippen LogP contribution in [0.1, 0.15) is 36.3 Å². The maximum absolute atomic E-state index is 11.3. The Morgan fingerprint density at radius 3 is 2.95 bits per heavy atom. The van der Waals surface area contributed by atoms with Crippen molar-refractivity contribution in [1.82, 2.24) is 0 Å². The smallest absolute Gasteiger partial charge is 0.221 e. The number of fused-ring (bicyclic) bond motifs is 1. The molecule has 1 aliphatic rings. The Hall–Kier alpha value is -2.07. The Morgan fingerprint density at radius 2 is 2.24 bits per heavy atom. The largest absolute Gasteiger partial charge is 0.469 e. The van der Waals surface area contributed by atoms with E-state index in [1.165, 1.54) is 12.5 Å². The van der Waals surface area contributed by atoms with Gasteiger partial charge >= 0.3 is 0 Å². The third-order valence-electron chi connectivity index (χ3n) is 4.20. The van der Waals surface area contributed by atoms with Crippen molar-refractivity contribution in [2.75, 3.05) is 5.32 Å². The fraction of sp³-hybridized carbons (Fsp3) is 0.353. The SMILES string of the molecule is CC(=O)Nc1cccc2c1CCC(Cc1ccco1)C2N. The summed E-state index contributed by atoms with van der Waals surface area (Å²) in [4.78, 5) is 11.3. The number of anilines is 1. The van der Waals surface area contributed by atoms with Crippen LogP contribution in [0.15, 0.2) is 41.0 Å². The summed E-state index contributed by atoms with van der Waals surface area (Å²) in [6.45, 7) is 1.53. The molecule has 0 aliphatic heterocycles. The van der Waals surface area contributed by atoms with Gasteiger partial charge in [0.25, 0.3) is 0 Å². The van der Waals surface area contributed by atoms with E-state index in [0.717, 1.165) is 36.3 Å². The highest BCUT2D eigenvalue weighted by molar-refractivity contribution is 5.89. The molecule has 2 aromatic rings. The molecule has 0 bridgehead atoms. The van der Waals surface area contributed by atoms with Gasteiger partial charge in [0.2, 0.25) is 5.91 Å². The number of carbonyl (C=O) groups excluding carboxylic acids is 1. The van der Waals surface area contributed by atoms with Crippen LogP contribution in [0.5, 0.6) is 0 Å². The standard InChI is InChI=1S/C17H20N2O2/c1-11(20)19-16-6-2-5-15-14(16)8-7-12(17(15)18)10-13-4-3-9-21-13/h2-6,9,12,17H,7-8,10,18H2,1H3,(H,19,20). The highest BCUT2D eigenvalue weighted by atomic mass is 16.3. The van der Waals surface area contributed by atoms with E-state index in [-0.39, 0.29) is 11.9 Å². The molecule has 3 N–H and O–H groups in total. The zero-order valence-corrected chi connectivity index (χ0v) is 12.1. The highest BCUT2D eigenvalue weighted by Crippen LogP contribution is 2.38. The minimum atomic E-state index is -0.0466. The van der Waals surface area contributed by atoms with Crippen LogP contribution in [-0.4, -0.2) is 5.91 Å². The fourth-order valence-corrected chi connectivity index (χ4v) is 3.18. The second-order valence-corrected chi connectivity index (χ2v) is 5.66. The molecule has 4 heteroatoms. The molecular weight excluding hydrogens is 264 g/mol. The van der Waals surface area contributed by atoms with Gasteiger partial charge in [0.05, 0.1) is 6.26 Å². The molecule has 1 aliphatic carbocycles. The van der Waals surface area contributed by atoms with Crippen molar-refractivity contribution in [2.24, 2.45) is 11.7 Å². The summed E-state index contributed by atoms with van der Waals surface area (Å²) < 4.78 is 5.44. The lowest BCUT2D eigenvalue weighted by molar-refractivity contribution is -0.114. The van der Waals surface area contributed by atoms with Crippen molar-refractivity contribution in [3.8, 4) is 0 Å². The summed E-state index contributed by atoms with van der Waals surface area (Å²) >= 11 is 0. The number of rotatable bonds is 3. The summed E-state index contributed by atoms with van der Waals surface area (Å²) in [5.74, 6) is 1.31. The van der Waals surface area contributed by atoms with E-state index < -0.39 is 0 Å². The summed E-state index contributed by atoms with van der Waals surface area (Å²) in [5.41, 5.74) is 9.67. The average molecular weight is 284 g/mol. The molecule has 0 fully saturated rings. The predicted octanol–water partition coefficient (Wildman–Crippen LogP) is 3.04. The quantitative estimate of drug-likeness (QED) is 0.910. The van der Waals surface area contributed by atoms with Crippen LogP contribution >= 0.6 is 0 Å².